The molecule has 1 aromatic heterocycles. The Hall–Kier alpha value is -1.89. The molecule has 0 aromatic carbocycles. The van der Waals surface area contributed by atoms with Gasteiger partial charge in [-0.3, -0.25) is 15.0 Å². The lowest BCUT2D eigenvalue weighted by Gasteiger charge is -2.03. The van der Waals surface area contributed by atoms with Crippen LogP contribution in [0.5, 0.6) is 0 Å². The average molecular weight is 197 g/mol. The lowest BCUT2D eigenvalue weighted by molar-refractivity contribution is -0.139. The Balaban J connectivity index is 2.45. The molecule has 2 amide bonds. The van der Waals surface area contributed by atoms with Gasteiger partial charge < -0.3 is 9.88 Å². The average Bonchev–Trinajstić information content (AvgIpc) is 2.59. The molecule has 0 aliphatic heterocycles. The summed E-state index contributed by atoms with van der Waals surface area (Å²) < 4.78 is 1.74. The minimum absolute atomic E-state index is 0.190. The largest absolute Gasteiger partial charge is 0.341 e. The van der Waals surface area contributed by atoms with Gasteiger partial charge in [0.25, 0.3) is 0 Å². The number of aromatic nitrogens is 2. The van der Waals surface area contributed by atoms with Gasteiger partial charge in [-0.05, 0) is 0 Å². The van der Waals surface area contributed by atoms with E-state index in [1.54, 1.807) is 29.4 Å². The zero-order chi connectivity index (χ0) is 10.6. The summed E-state index contributed by atoms with van der Waals surface area (Å²) in [4.78, 5) is 25.6. The van der Waals surface area contributed by atoms with Crippen LogP contribution in [0.25, 0.3) is 0 Å². The van der Waals surface area contributed by atoms with Gasteiger partial charge in [-0.25, -0.2) is 10.8 Å². The molecule has 0 bridgehead atoms. The topological polar surface area (TPSA) is 102 Å². The van der Waals surface area contributed by atoms with Gasteiger partial charge in [0.2, 0.25) is 0 Å². The minimum atomic E-state index is -0.876. The third kappa shape index (κ3) is 2.30. The summed E-state index contributed by atoms with van der Waals surface area (Å²) in [6, 6.07) is 0. The van der Waals surface area contributed by atoms with Crippen molar-refractivity contribution < 1.29 is 9.59 Å². The number of rotatable bonds is 2. The lowest BCUT2D eigenvalue weighted by Crippen LogP contribution is -2.43. The van der Waals surface area contributed by atoms with Gasteiger partial charge >= 0.3 is 11.8 Å². The molecule has 1 aromatic rings. The van der Waals surface area contributed by atoms with E-state index in [2.05, 4.69) is 10.3 Å². The first kappa shape index (κ1) is 10.2. The molecule has 0 saturated heterocycles. The van der Waals surface area contributed by atoms with Gasteiger partial charge in [-0.1, -0.05) is 0 Å². The Bertz CT molecular complexity index is 346. The van der Waals surface area contributed by atoms with Crippen molar-refractivity contribution in [3.8, 4) is 0 Å². The van der Waals surface area contributed by atoms with Crippen LogP contribution >= 0.6 is 0 Å². The number of hydrogen-bond donors (Lipinski definition) is 3. The summed E-state index contributed by atoms with van der Waals surface area (Å²) in [5.74, 6) is 3.77. The van der Waals surface area contributed by atoms with E-state index in [9.17, 15) is 9.59 Å². The predicted molar refractivity (Wildman–Crippen MR) is 47.4 cm³/mol. The quantitative estimate of drug-likeness (QED) is 0.221. The molecule has 0 spiro atoms. The van der Waals surface area contributed by atoms with Crippen LogP contribution in [-0.2, 0) is 23.2 Å². The fraction of sp³-hybridized carbons (Fsp3) is 0.286. The summed E-state index contributed by atoms with van der Waals surface area (Å²) in [7, 11) is 1.79. The van der Waals surface area contributed by atoms with E-state index >= 15 is 0 Å². The number of nitrogens with one attached hydrogen (secondary N) is 2. The van der Waals surface area contributed by atoms with Crippen molar-refractivity contribution in [1.82, 2.24) is 20.3 Å². The molecule has 4 N–H and O–H groups in total. The monoisotopic (exact) mass is 197 g/mol. The minimum Gasteiger partial charge on any atom is -0.341 e. The van der Waals surface area contributed by atoms with Crippen molar-refractivity contribution in [3.05, 3.63) is 18.2 Å². The standard InChI is InChI=1S/C7H11N5O2/c1-12-3-2-9-5(12)4-10-6(13)7(14)11-8/h2-3H,4,8H2,1H3,(H,10,13)(H,11,14). The van der Waals surface area contributed by atoms with E-state index < -0.39 is 11.8 Å². The van der Waals surface area contributed by atoms with Crippen molar-refractivity contribution in [3.63, 3.8) is 0 Å². The van der Waals surface area contributed by atoms with E-state index in [-0.39, 0.29) is 6.54 Å². The molecule has 7 nitrogen and oxygen atoms in total. The molecule has 0 radical (unpaired) electrons. The number of imidazole rings is 1. The van der Waals surface area contributed by atoms with Crippen LogP contribution in [0, 0.1) is 0 Å². The number of hydrogen-bond acceptors (Lipinski definition) is 4. The molecule has 0 saturated carbocycles. The number of amides is 2. The summed E-state index contributed by atoms with van der Waals surface area (Å²) >= 11 is 0. The lowest BCUT2D eigenvalue weighted by atomic mass is 10.5. The zero-order valence-electron chi connectivity index (χ0n) is 7.65. The van der Waals surface area contributed by atoms with Crippen LogP contribution in [0.2, 0.25) is 0 Å². The van der Waals surface area contributed by atoms with Crippen LogP contribution < -0.4 is 16.6 Å². The van der Waals surface area contributed by atoms with E-state index in [0.717, 1.165) is 0 Å². The molecule has 7 heteroatoms. The number of nitrogens with zero attached hydrogens (tertiary/aromatic N) is 2. The third-order valence-corrected chi connectivity index (χ3v) is 1.67. The number of nitrogens with two attached hydrogens (primary N) is 1. The molecule has 1 rings (SSSR count). The first-order valence-corrected chi connectivity index (χ1v) is 3.90. The van der Waals surface area contributed by atoms with Crippen LogP contribution in [0.3, 0.4) is 0 Å². The van der Waals surface area contributed by atoms with Gasteiger partial charge in [-0.2, -0.15) is 0 Å². The summed E-state index contributed by atoms with van der Waals surface area (Å²) in [6.07, 6.45) is 3.34. The van der Waals surface area contributed by atoms with E-state index in [4.69, 9.17) is 5.84 Å². The molecule has 1 heterocycles. The SMILES string of the molecule is Cn1ccnc1CNC(=O)C(=O)NN. The van der Waals surface area contributed by atoms with Crippen molar-refractivity contribution in [2.24, 2.45) is 12.9 Å². The molecule has 0 aliphatic carbocycles. The second-order valence-electron chi connectivity index (χ2n) is 2.61. The number of carbonyl (C=O) groups excluding carboxylic acids is 2. The van der Waals surface area contributed by atoms with Crippen LogP contribution in [0.15, 0.2) is 12.4 Å². The molecule has 0 atom stereocenters. The van der Waals surface area contributed by atoms with Crippen LogP contribution in [0.4, 0.5) is 0 Å². The smallest absolute Gasteiger partial charge is 0.323 e. The Morgan fingerprint density at radius 1 is 1.57 bits per heavy atom. The predicted octanol–water partition coefficient (Wildman–Crippen LogP) is -1.97. The highest BCUT2D eigenvalue weighted by Crippen LogP contribution is 1.92. The molecule has 76 valence electrons. The van der Waals surface area contributed by atoms with Gasteiger partial charge in [0.15, 0.2) is 0 Å². The second kappa shape index (κ2) is 4.38. The van der Waals surface area contributed by atoms with E-state index in [1.807, 2.05) is 0 Å². The van der Waals surface area contributed by atoms with Gasteiger partial charge in [-0.15, -0.1) is 0 Å². The van der Waals surface area contributed by atoms with Crippen molar-refractivity contribution >= 4 is 11.8 Å². The fourth-order valence-electron chi connectivity index (χ4n) is 0.872. The van der Waals surface area contributed by atoms with Crippen molar-refractivity contribution in [1.29, 1.82) is 0 Å². The molecule has 0 fully saturated rings. The van der Waals surface area contributed by atoms with Crippen LogP contribution in [0.1, 0.15) is 5.82 Å². The summed E-state index contributed by atoms with van der Waals surface area (Å²) in [5.41, 5.74) is 1.73. The maximum Gasteiger partial charge on any atom is 0.323 e. The highest BCUT2D eigenvalue weighted by atomic mass is 16.2. The molecule has 0 aliphatic rings. The van der Waals surface area contributed by atoms with E-state index in [1.165, 1.54) is 0 Å². The Labute approximate surface area is 80.3 Å². The van der Waals surface area contributed by atoms with Crippen molar-refractivity contribution in [2.75, 3.05) is 0 Å². The number of hydrazine groups is 1. The number of aryl methyl sites for hydroxylation is 1. The molecular formula is C7H11N5O2. The fourth-order valence-corrected chi connectivity index (χ4v) is 0.872. The number of carbonyl (C=O) groups is 2. The van der Waals surface area contributed by atoms with Gasteiger partial charge in [0, 0.05) is 19.4 Å². The first-order valence-electron chi connectivity index (χ1n) is 3.90. The summed E-state index contributed by atoms with van der Waals surface area (Å²) in [6.45, 7) is 0.190. The second-order valence-corrected chi connectivity index (χ2v) is 2.61. The first-order chi connectivity index (χ1) is 6.65. The van der Waals surface area contributed by atoms with E-state index in [0.29, 0.717) is 5.82 Å². The normalized spacial score (nSPS) is 9.57. The zero-order valence-corrected chi connectivity index (χ0v) is 7.65. The van der Waals surface area contributed by atoms with Crippen LogP contribution in [-0.4, -0.2) is 21.4 Å². The Kier molecular flexibility index (Phi) is 3.19. The maximum absolute atomic E-state index is 10.9. The Morgan fingerprint density at radius 3 is 2.79 bits per heavy atom. The molecule has 14 heavy (non-hydrogen) atoms. The molecule has 0 unspecified atom stereocenters. The molecular weight excluding hydrogens is 186 g/mol. The summed E-state index contributed by atoms with van der Waals surface area (Å²) in [5, 5.41) is 2.36. The Morgan fingerprint density at radius 2 is 2.29 bits per heavy atom. The van der Waals surface area contributed by atoms with Gasteiger partial charge in [0.1, 0.15) is 5.82 Å². The van der Waals surface area contributed by atoms with Gasteiger partial charge in [0.05, 0.1) is 6.54 Å². The highest BCUT2D eigenvalue weighted by molar-refractivity contribution is 6.34. The van der Waals surface area contributed by atoms with Crippen molar-refractivity contribution in [2.45, 2.75) is 6.54 Å². The maximum atomic E-state index is 10.9. The third-order valence-electron chi connectivity index (χ3n) is 1.67. The highest BCUT2D eigenvalue weighted by Gasteiger charge is 2.11.